The fourth-order valence-corrected chi connectivity index (χ4v) is 2.18. The van der Waals surface area contributed by atoms with Crippen LogP contribution in [0.3, 0.4) is 0 Å². The van der Waals surface area contributed by atoms with E-state index in [4.69, 9.17) is 5.26 Å². The van der Waals surface area contributed by atoms with Crippen molar-refractivity contribution in [3.8, 4) is 6.07 Å². The van der Waals surface area contributed by atoms with E-state index in [1.807, 2.05) is 61.5 Å². The molecule has 0 saturated carbocycles. The number of aliphatic hydroxyl groups excluding tert-OH is 1. The number of aliphatic hydroxyl groups is 1. The molecule has 0 aliphatic heterocycles. The highest BCUT2D eigenvalue weighted by Crippen LogP contribution is 2.24. The van der Waals surface area contributed by atoms with E-state index in [9.17, 15) is 5.11 Å². The molecule has 0 spiro atoms. The van der Waals surface area contributed by atoms with Crippen LogP contribution in [0.15, 0.2) is 53.0 Å². The molecule has 0 aromatic heterocycles. The Morgan fingerprint density at radius 2 is 1.70 bits per heavy atom. The van der Waals surface area contributed by atoms with Gasteiger partial charge in [0.2, 0.25) is 0 Å². The maximum atomic E-state index is 9.92. The van der Waals surface area contributed by atoms with Crippen molar-refractivity contribution in [2.45, 2.75) is 19.1 Å². The second-order valence-corrected chi connectivity index (χ2v) is 5.53. The maximum Gasteiger partial charge on any atom is 0.164 e. The van der Waals surface area contributed by atoms with Gasteiger partial charge in [-0.3, -0.25) is 0 Å². The number of nitrogens with zero attached hydrogens (tertiary/aromatic N) is 1. The summed E-state index contributed by atoms with van der Waals surface area (Å²) in [6.07, 6.45) is -1.11. The first kappa shape index (κ1) is 14.6. The van der Waals surface area contributed by atoms with Gasteiger partial charge < -0.3 is 10.4 Å². The highest BCUT2D eigenvalue weighted by molar-refractivity contribution is 9.10. The first-order valence-electron chi connectivity index (χ1n) is 6.26. The highest BCUT2D eigenvalue weighted by atomic mass is 79.9. The third-order valence-electron chi connectivity index (χ3n) is 3.05. The predicted octanol–water partition coefficient (Wildman–Crippen LogP) is 3.80. The second-order valence-electron chi connectivity index (χ2n) is 4.61. The minimum atomic E-state index is -1.11. The molecule has 102 valence electrons. The monoisotopic (exact) mass is 330 g/mol. The van der Waals surface area contributed by atoms with Gasteiger partial charge in [0.1, 0.15) is 0 Å². The maximum absolute atomic E-state index is 9.92. The summed E-state index contributed by atoms with van der Waals surface area (Å²) in [5.74, 6) is 0. The zero-order valence-corrected chi connectivity index (χ0v) is 12.6. The molecule has 20 heavy (non-hydrogen) atoms. The summed E-state index contributed by atoms with van der Waals surface area (Å²) in [5, 5.41) is 22.1. The Morgan fingerprint density at radius 1 is 1.10 bits per heavy atom. The molecule has 0 bridgehead atoms. The van der Waals surface area contributed by atoms with E-state index >= 15 is 0 Å². The molecule has 4 heteroatoms. The summed E-state index contributed by atoms with van der Waals surface area (Å²) in [6.45, 7) is 2.01. The van der Waals surface area contributed by atoms with Crippen molar-refractivity contribution < 1.29 is 5.11 Å². The summed E-state index contributed by atoms with van der Waals surface area (Å²) in [5.41, 5.74) is 2.90. The van der Waals surface area contributed by atoms with Crippen LogP contribution in [-0.4, -0.2) is 11.2 Å². The SMILES string of the molecule is Cc1ccc(N[C@@H](c2ccc(Br)cc2)[C@H](O)C#N)cc1. The number of rotatable bonds is 4. The van der Waals surface area contributed by atoms with Gasteiger partial charge in [0.25, 0.3) is 0 Å². The average molecular weight is 331 g/mol. The van der Waals surface area contributed by atoms with E-state index in [0.717, 1.165) is 21.3 Å². The molecule has 0 fully saturated rings. The molecule has 2 aromatic rings. The van der Waals surface area contributed by atoms with Crippen LogP contribution in [0.1, 0.15) is 17.2 Å². The van der Waals surface area contributed by atoms with Crippen LogP contribution in [0.5, 0.6) is 0 Å². The number of hydrogen-bond donors (Lipinski definition) is 2. The number of anilines is 1. The van der Waals surface area contributed by atoms with Gasteiger partial charge in [-0.2, -0.15) is 5.26 Å². The van der Waals surface area contributed by atoms with Gasteiger partial charge >= 0.3 is 0 Å². The Labute approximate surface area is 127 Å². The fraction of sp³-hybridized carbons (Fsp3) is 0.188. The summed E-state index contributed by atoms with van der Waals surface area (Å²) in [7, 11) is 0. The van der Waals surface area contributed by atoms with E-state index in [-0.39, 0.29) is 0 Å². The summed E-state index contributed by atoms with van der Waals surface area (Å²) < 4.78 is 0.960. The normalized spacial score (nSPS) is 13.3. The van der Waals surface area contributed by atoms with Crippen LogP contribution in [0, 0.1) is 18.3 Å². The standard InChI is InChI=1S/C16H15BrN2O/c1-11-2-8-14(9-3-11)19-16(15(20)10-18)12-4-6-13(17)7-5-12/h2-9,15-16,19-20H,1H3/t15-,16+/m1/s1. The van der Waals surface area contributed by atoms with Crippen molar-refractivity contribution in [2.75, 3.05) is 5.32 Å². The highest BCUT2D eigenvalue weighted by Gasteiger charge is 2.20. The second kappa shape index (κ2) is 6.56. The van der Waals surface area contributed by atoms with Crippen molar-refractivity contribution >= 4 is 21.6 Å². The largest absolute Gasteiger partial charge is 0.376 e. The van der Waals surface area contributed by atoms with Crippen molar-refractivity contribution in [1.82, 2.24) is 0 Å². The number of halogens is 1. The lowest BCUT2D eigenvalue weighted by atomic mass is 10.0. The minimum Gasteiger partial charge on any atom is -0.376 e. The minimum absolute atomic E-state index is 0.462. The molecule has 0 amide bonds. The molecule has 3 nitrogen and oxygen atoms in total. The van der Waals surface area contributed by atoms with Gasteiger partial charge in [0.15, 0.2) is 6.10 Å². The van der Waals surface area contributed by atoms with Crippen molar-refractivity contribution in [1.29, 1.82) is 5.26 Å². The lowest BCUT2D eigenvalue weighted by molar-refractivity contribution is 0.207. The molecule has 2 N–H and O–H groups in total. The van der Waals surface area contributed by atoms with Crippen LogP contribution in [-0.2, 0) is 0 Å². The Balaban J connectivity index is 2.26. The van der Waals surface area contributed by atoms with Crippen LogP contribution in [0.4, 0.5) is 5.69 Å². The molecule has 2 aromatic carbocycles. The quantitative estimate of drug-likeness (QED) is 0.838. The molecule has 0 aliphatic carbocycles. The Kier molecular flexibility index (Phi) is 4.78. The third-order valence-corrected chi connectivity index (χ3v) is 3.58. The summed E-state index contributed by atoms with van der Waals surface area (Å²) in [6, 6.07) is 16.8. The zero-order chi connectivity index (χ0) is 14.5. The number of nitrogens with one attached hydrogen (secondary N) is 1. The number of benzene rings is 2. The van der Waals surface area contributed by atoms with Gasteiger partial charge in [-0.05, 0) is 36.8 Å². The van der Waals surface area contributed by atoms with Crippen LogP contribution in [0.25, 0.3) is 0 Å². The van der Waals surface area contributed by atoms with E-state index in [0.29, 0.717) is 0 Å². The molecular weight excluding hydrogens is 316 g/mol. The zero-order valence-electron chi connectivity index (χ0n) is 11.0. The first-order chi connectivity index (χ1) is 9.60. The van der Waals surface area contributed by atoms with Crippen molar-refractivity contribution in [3.63, 3.8) is 0 Å². The van der Waals surface area contributed by atoms with Gasteiger partial charge in [0, 0.05) is 10.2 Å². The molecule has 0 unspecified atom stereocenters. The van der Waals surface area contributed by atoms with Crippen LogP contribution >= 0.6 is 15.9 Å². The van der Waals surface area contributed by atoms with Crippen molar-refractivity contribution in [2.24, 2.45) is 0 Å². The van der Waals surface area contributed by atoms with Gasteiger partial charge in [0.05, 0.1) is 12.1 Å². The summed E-state index contributed by atoms with van der Waals surface area (Å²) >= 11 is 3.38. The predicted molar refractivity (Wildman–Crippen MR) is 83.3 cm³/mol. The summed E-state index contributed by atoms with van der Waals surface area (Å²) in [4.78, 5) is 0. The number of hydrogen-bond acceptors (Lipinski definition) is 3. The fourth-order valence-electron chi connectivity index (χ4n) is 1.92. The van der Waals surface area contributed by atoms with Gasteiger partial charge in [-0.1, -0.05) is 45.8 Å². The third kappa shape index (κ3) is 3.60. The lowest BCUT2D eigenvalue weighted by Crippen LogP contribution is -2.24. The van der Waals surface area contributed by atoms with Crippen LogP contribution < -0.4 is 5.32 Å². The van der Waals surface area contributed by atoms with E-state index < -0.39 is 12.1 Å². The Bertz CT molecular complexity index is 602. The topological polar surface area (TPSA) is 56.0 Å². The Morgan fingerprint density at radius 3 is 2.25 bits per heavy atom. The van der Waals surface area contributed by atoms with E-state index in [2.05, 4.69) is 21.2 Å². The first-order valence-corrected chi connectivity index (χ1v) is 7.06. The average Bonchev–Trinajstić information content (AvgIpc) is 2.47. The van der Waals surface area contributed by atoms with Gasteiger partial charge in [-0.25, -0.2) is 0 Å². The van der Waals surface area contributed by atoms with Crippen molar-refractivity contribution in [3.05, 3.63) is 64.1 Å². The van der Waals surface area contributed by atoms with E-state index in [1.165, 1.54) is 0 Å². The molecule has 0 radical (unpaired) electrons. The molecular formula is C16H15BrN2O. The molecule has 0 aliphatic rings. The number of nitriles is 1. The molecule has 2 atom stereocenters. The number of aryl methyl sites for hydroxylation is 1. The molecule has 0 saturated heterocycles. The lowest BCUT2D eigenvalue weighted by Gasteiger charge is -2.21. The van der Waals surface area contributed by atoms with Gasteiger partial charge in [-0.15, -0.1) is 0 Å². The molecule has 0 heterocycles. The molecule has 2 rings (SSSR count). The Hall–Kier alpha value is -1.83. The van der Waals surface area contributed by atoms with Crippen LogP contribution in [0.2, 0.25) is 0 Å². The van der Waals surface area contributed by atoms with E-state index in [1.54, 1.807) is 0 Å². The smallest absolute Gasteiger partial charge is 0.164 e.